The van der Waals surface area contributed by atoms with Crippen LogP contribution in [0.3, 0.4) is 0 Å². The lowest BCUT2D eigenvalue weighted by molar-refractivity contribution is 0.430. The van der Waals surface area contributed by atoms with E-state index < -0.39 is 10.0 Å². The Hall–Kier alpha value is -2.09. The van der Waals surface area contributed by atoms with Crippen LogP contribution in [0.2, 0.25) is 0 Å². The number of aryl methyl sites for hydroxylation is 1. The molecule has 3 N–H and O–H groups in total. The number of aromatic nitrogens is 2. The summed E-state index contributed by atoms with van der Waals surface area (Å²) in [6.07, 6.45) is 1.17. The standard InChI is InChI=1S/C9H10N4O3S/c1-6-4-9(16-12-6)13-17(14,15)7-2-3-8(10)11-5-7/h2-5,13H,1H3,(H2,10,11). The number of sulfonamides is 1. The summed E-state index contributed by atoms with van der Waals surface area (Å²) in [4.78, 5) is 3.71. The molecule has 8 heteroatoms. The van der Waals surface area contributed by atoms with Gasteiger partial charge < -0.3 is 10.3 Å². The molecule has 0 aliphatic carbocycles. The van der Waals surface area contributed by atoms with Crippen molar-refractivity contribution < 1.29 is 12.9 Å². The molecule has 0 atom stereocenters. The van der Waals surface area contributed by atoms with Crippen molar-refractivity contribution in [2.45, 2.75) is 11.8 Å². The number of rotatable bonds is 3. The molecule has 0 spiro atoms. The summed E-state index contributed by atoms with van der Waals surface area (Å²) in [6, 6.07) is 4.23. The average Bonchev–Trinajstić information content (AvgIpc) is 2.63. The first kappa shape index (κ1) is 11.4. The largest absolute Gasteiger partial charge is 0.384 e. The van der Waals surface area contributed by atoms with Crippen LogP contribution >= 0.6 is 0 Å². The van der Waals surface area contributed by atoms with E-state index in [9.17, 15) is 8.42 Å². The third-order valence-electron chi connectivity index (χ3n) is 1.93. The van der Waals surface area contributed by atoms with E-state index in [2.05, 4.69) is 14.9 Å². The molecule has 2 aromatic rings. The number of hydrogen-bond acceptors (Lipinski definition) is 6. The molecule has 0 unspecified atom stereocenters. The molecule has 7 nitrogen and oxygen atoms in total. The fourth-order valence-electron chi connectivity index (χ4n) is 1.15. The van der Waals surface area contributed by atoms with E-state index >= 15 is 0 Å². The molecular weight excluding hydrogens is 244 g/mol. The molecule has 17 heavy (non-hydrogen) atoms. The van der Waals surface area contributed by atoms with E-state index in [1.807, 2.05) is 0 Å². The van der Waals surface area contributed by atoms with E-state index in [1.165, 1.54) is 24.4 Å². The van der Waals surface area contributed by atoms with Crippen molar-refractivity contribution in [1.82, 2.24) is 10.1 Å². The van der Waals surface area contributed by atoms with Gasteiger partial charge in [0, 0.05) is 12.3 Å². The maximum absolute atomic E-state index is 11.8. The molecule has 2 rings (SSSR count). The fraction of sp³-hybridized carbons (Fsp3) is 0.111. The lowest BCUT2D eigenvalue weighted by Crippen LogP contribution is -2.12. The third-order valence-corrected chi connectivity index (χ3v) is 3.26. The van der Waals surface area contributed by atoms with E-state index in [1.54, 1.807) is 6.92 Å². The van der Waals surface area contributed by atoms with Crippen molar-refractivity contribution in [3.05, 3.63) is 30.1 Å². The van der Waals surface area contributed by atoms with Crippen molar-refractivity contribution in [1.29, 1.82) is 0 Å². The van der Waals surface area contributed by atoms with Gasteiger partial charge in [-0.25, -0.2) is 18.1 Å². The van der Waals surface area contributed by atoms with Gasteiger partial charge in [0.05, 0.1) is 5.69 Å². The first-order valence-corrected chi connectivity index (χ1v) is 6.13. The Balaban J connectivity index is 2.28. The van der Waals surface area contributed by atoms with E-state index in [0.717, 1.165) is 0 Å². The summed E-state index contributed by atoms with van der Waals surface area (Å²) in [5, 5.41) is 3.57. The molecule has 0 radical (unpaired) electrons. The van der Waals surface area contributed by atoms with Gasteiger partial charge >= 0.3 is 0 Å². The van der Waals surface area contributed by atoms with Gasteiger partial charge in [0.15, 0.2) is 0 Å². The molecule has 0 amide bonds. The van der Waals surface area contributed by atoms with Gasteiger partial charge in [-0.1, -0.05) is 5.16 Å². The predicted molar refractivity (Wildman–Crippen MR) is 60.7 cm³/mol. The minimum absolute atomic E-state index is 0.000697. The molecule has 0 aromatic carbocycles. The van der Waals surface area contributed by atoms with Gasteiger partial charge in [-0.3, -0.25) is 0 Å². The van der Waals surface area contributed by atoms with Crippen molar-refractivity contribution in [3.8, 4) is 0 Å². The molecular formula is C9H10N4O3S. The number of nitrogens with two attached hydrogens (primary N) is 1. The molecule has 0 aliphatic heterocycles. The van der Waals surface area contributed by atoms with Gasteiger partial charge in [0.2, 0.25) is 5.88 Å². The Morgan fingerprint density at radius 3 is 2.71 bits per heavy atom. The molecule has 2 heterocycles. The predicted octanol–water partition coefficient (Wildman–Crippen LogP) is 0.761. The highest BCUT2D eigenvalue weighted by atomic mass is 32.2. The van der Waals surface area contributed by atoms with Gasteiger partial charge in [0.25, 0.3) is 10.0 Å². The fourth-order valence-corrected chi connectivity index (χ4v) is 2.07. The first-order valence-electron chi connectivity index (χ1n) is 4.65. The van der Waals surface area contributed by atoms with Gasteiger partial charge in [0.1, 0.15) is 10.7 Å². The second kappa shape index (κ2) is 4.06. The summed E-state index contributed by atoms with van der Waals surface area (Å²) in [5.41, 5.74) is 5.95. The van der Waals surface area contributed by atoms with Crippen molar-refractivity contribution in [2.24, 2.45) is 0 Å². The summed E-state index contributed by atoms with van der Waals surface area (Å²) in [6.45, 7) is 1.69. The van der Waals surface area contributed by atoms with Crippen LogP contribution in [0.4, 0.5) is 11.7 Å². The summed E-state index contributed by atoms with van der Waals surface area (Å²) in [5.74, 6) is 0.304. The minimum Gasteiger partial charge on any atom is -0.384 e. The Labute approximate surface area is 97.7 Å². The SMILES string of the molecule is Cc1cc(NS(=O)(=O)c2ccc(N)nc2)on1. The highest BCUT2D eigenvalue weighted by Crippen LogP contribution is 2.16. The lowest BCUT2D eigenvalue weighted by Gasteiger charge is -2.03. The lowest BCUT2D eigenvalue weighted by atomic mass is 10.5. The minimum atomic E-state index is -3.72. The highest BCUT2D eigenvalue weighted by Gasteiger charge is 2.16. The zero-order valence-electron chi connectivity index (χ0n) is 8.91. The van der Waals surface area contributed by atoms with Crippen LogP contribution in [-0.2, 0) is 10.0 Å². The molecule has 0 aliphatic rings. The average molecular weight is 254 g/mol. The van der Waals surface area contributed by atoms with Crippen LogP contribution in [0.15, 0.2) is 33.8 Å². The molecule has 0 saturated carbocycles. The second-order valence-corrected chi connectivity index (χ2v) is 5.04. The Kier molecular flexibility index (Phi) is 2.72. The number of nitrogens with one attached hydrogen (secondary N) is 1. The van der Waals surface area contributed by atoms with Crippen molar-refractivity contribution in [3.63, 3.8) is 0 Å². The smallest absolute Gasteiger partial charge is 0.265 e. The molecule has 0 fully saturated rings. The van der Waals surface area contributed by atoms with E-state index in [0.29, 0.717) is 5.69 Å². The molecule has 90 valence electrons. The number of hydrogen-bond donors (Lipinski definition) is 2. The van der Waals surface area contributed by atoms with Crippen LogP contribution in [0.25, 0.3) is 0 Å². The second-order valence-electron chi connectivity index (χ2n) is 3.36. The van der Waals surface area contributed by atoms with Gasteiger partial charge in [-0.05, 0) is 19.1 Å². The monoisotopic (exact) mass is 254 g/mol. The topological polar surface area (TPSA) is 111 Å². The number of nitrogens with zero attached hydrogens (tertiary/aromatic N) is 2. The van der Waals surface area contributed by atoms with Crippen LogP contribution in [0.1, 0.15) is 5.69 Å². The van der Waals surface area contributed by atoms with Crippen LogP contribution < -0.4 is 10.5 Å². The highest BCUT2D eigenvalue weighted by molar-refractivity contribution is 7.92. The summed E-state index contributed by atoms with van der Waals surface area (Å²) >= 11 is 0. The van der Waals surface area contributed by atoms with Gasteiger partial charge in [-0.2, -0.15) is 0 Å². The molecule has 0 saturated heterocycles. The normalized spacial score (nSPS) is 11.4. The molecule has 0 bridgehead atoms. The quantitative estimate of drug-likeness (QED) is 0.836. The van der Waals surface area contributed by atoms with Crippen LogP contribution in [-0.4, -0.2) is 18.6 Å². The first-order chi connectivity index (χ1) is 7.97. The zero-order valence-corrected chi connectivity index (χ0v) is 9.73. The van der Waals surface area contributed by atoms with E-state index in [-0.39, 0.29) is 16.6 Å². The van der Waals surface area contributed by atoms with Crippen LogP contribution in [0, 0.1) is 6.92 Å². The third kappa shape index (κ3) is 2.53. The Bertz CT molecular complexity index is 618. The maximum atomic E-state index is 11.8. The summed E-state index contributed by atoms with van der Waals surface area (Å²) in [7, 11) is -3.72. The van der Waals surface area contributed by atoms with Gasteiger partial charge in [-0.15, -0.1) is 0 Å². The summed E-state index contributed by atoms with van der Waals surface area (Å²) < 4.78 is 30.7. The molecule has 2 aromatic heterocycles. The van der Waals surface area contributed by atoms with Crippen LogP contribution in [0.5, 0.6) is 0 Å². The number of pyridine rings is 1. The van der Waals surface area contributed by atoms with E-state index in [4.69, 9.17) is 10.3 Å². The number of nitrogen functional groups attached to an aromatic ring is 1. The Morgan fingerprint density at radius 2 is 2.18 bits per heavy atom. The van der Waals surface area contributed by atoms with Crippen molar-refractivity contribution >= 4 is 21.7 Å². The van der Waals surface area contributed by atoms with Crippen molar-refractivity contribution in [2.75, 3.05) is 10.5 Å². The Morgan fingerprint density at radius 1 is 1.41 bits per heavy atom. The zero-order chi connectivity index (χ0) is 12.5. The maximum Gasteiger partial charge on any atom is 0.265 e. The number of anilines is 2.